The molecule has 3 rings (SSSR count). The molecule has 4 nitrogen and oxygen atoms in total. The molecule has 0 amide bonds. The van der Waals surface area contributed by atoms with E-state index in [1.54, 1.807) is 0 Å². The van der Waals surface area contributed by atoms with Crippen LogP contribution in [0.5, 0.6) is 0 Å². The molecule has 0 atom stereocenters. The van der Waals surface area contributed by atoms with Gasteiger partial charge in [0.15, 0.2) is 5.82 Å². The number of hydrogen-bond acceptors (Lipinski definition) is 4. The van der Waals surface area contributed by atoms with E-state index in [9.17, 15) is 0 Å². The summed E-state index contributed by atoms with van der Waals surface area (Å²) in [6.07, 6.45) is 3.84. The third-order valence-electron chi connectivity index (χ3n) is 3.25. The summed E-state index contributed by atoms with van der Waals surface area (Å²) in [7, 11) is 0. The molecule has 19 heavy (non-hydrogen) atoms. The van der Waals surface area contributed by atoms with Gasteiger partial charge in [0.1, 0.15) is 0 Å². The first kappa shape index (κ1) is 12.3. The first-order chi connectivity index (χ1) is 9.42. The molecular weight excluding hydrogens is 238 g/mol. The van der Waals surface area contributed by atoms with Gasteiger partial charge in [0, 0.05) is 43.2 Å². The van der Waals surface area contributed by atoms with Crippen LogP contribution < -0.4 is 0 Å². The molecule has 0 saturated carbocycles. The third kappa shape index (κ3) is 3.16. The predicted molar refractivity (Wildman–Crippen MR) is 73.6 cm³/mol. The smallest absolute Gasteiger partial charge is 0.159 e. The number of aromatic nitrogens is 2. The summed E-state index contributed by atoms with van der Waals surface area (Å²) in [5.74, 6) is 0.784. The maximum atomic E-state index is 5.34. The van der Waals surface area contributed by atoms with Gasteiger partial charge in [-0.3, -0.25) is 4.90 Å². The van der Waals surface area contributed by atoms with Crippen molar-refractivity contribution < 1.29 is 4.74 Å². The zero-order valence-electron chi connectivity index (χ0n) is 10.8. The summed E-state index contributed by atoms with van der Waals surface area (Å²) in [4.78, 5) is 11.3. The molecule has 1 aromatic heterocycles. The second-order valence-corrected chi connectivity index (χ2v) is 4.67. The zero-order valence-corrected chi connectivity index (χ0v) is 10.8. The van der Waals surface area contributed by atoms with Crippen LogP contribution in [0.15, 0.2) is 42.7 Å². The lowest BCUT2D eigenvalue weighted by molar-refractivity contribution is 0.0341. The van der Waals surface area contributed by atoms with Gasteiger partial charge < -0.3 is 4.74 Å². The summed E-state index contributed by atoms with van der Waals surface area (Å²) >= 11 is 0. The number of ether oxygens (including phenoxy) is 1. The fourth-order valence-corrected chi connectivity index (χ4v) is 2.19. The minimum atomic E-state index is 0.784. The van der Waals surface area contributed by atoms with Crippen molar-refractivity contribution in [1.29, 1.82) is 0 Å². The molecule has 1 aliphatic heterocycles. The number of nitrogens with zero attached hydrogens (tertiary/aromatic N) is 3. The fraction of sp³-hybridized carbons (Fsp3) is 0.333. The van der Waals surface area contributed by atoms with Gasteiger partial charge in [-0.2, -0.15) is 0 Å². The van der Waals surface area contributed by atoms with Crippen LogP contribution in [0.4, 0.5) is 0 Å². The number of rotatable bonds is 3. The number of hydrogen-bond donors (Lipinski definition) is 0. The highest BCUT2D eigenvalue weighted by Gasteiger charge is 2.11. The van der Waals surface area contributed by atoms with Crippen LogP contribution in [0.25, 0.3) is 11.4 Å². The van der Waals surface area contributed by atoms with Gasteiger partial charge >= 0.3 is 0 Å². The molecular formula is C15H17N3O. The lowest BCUT2D eigenvalue weighted by Crippen LogP contribution is -2.35. The lowest BCUT2D eigenvalue weighted by Gasteiger charge is -2.26. The van der Waals surface area contributed by atoms with Crippen LogP contribution in [-0.4, -0.2) is 41.2 Å². The van der Waals surface area contributed by atoms with E-state index in [2.05, 4.69) is 14.9 Å². The first-order valence-corrected chi connectivity index (χ1v) is 6.58. The summed E-state index contributed by atoms with van der Waals surface area (Å²) in [5.41, 5.74) is 2.21. The van der Waals surface area contributed by atoms with Crippen molar-refractivity contribution >= 4 is 0 Å². The molecule has 1 saturated heterocycles. The Balaban J connectivity index is 1.68. The standard InChI is InChI=1S/C15H17N3O/c1-2-4-14(5-3-1)15-16-10-13(11-17-15)12-18-6-8-19-9-7-18/h1-5,10-11H,6-9,12H2. The van der Waals surface area contributed by atoms with Crippen molar-refractivity contribution in [3.05, 3.63) is 48.3 Å². The van der Waals surface area contributed by atoms with E-state index in [-0.39, 0.29) is 0 Å². The summed E-state index contributed by atoms with van der Waals surface area (Å²) < 4.78 is 5.34. The van der Waals surface area contributed by atoms with Crippen molar-refractivity contribution in [2.45, 2.75) is 6.54 Å². The van der Waals surface area contributed by atoms with Crippen LogP contribution in [0, 0.1) is 0 Å². The van der Waals surface area contributed by atoms with Gasteiger partial charge in [0.2, 0.25) is 0 Å². The average Bonchev–Trinajstić information content (AvgIpc) is 2.50. The van der Waals surface area contributed by atoms with Gasteiger partial charge in [-0.1, -0.05) is 30.3 Å². The molecule has 0 spiro atoms. The number of morpholine rings is 1. The summed E-state index contributed by atoms with van der Waals surface area (Å²) in [5, 5.41) is 0. The topological polar surface area (TPSA) is 38.2 Å². The van der Waals surface area contributed by atoms with E-state index in [1.807, 2.05) is 42.7 Å². The van der Waals surface area contributed by atoms with Crippen LogP contribution in [0.1, 0.15) is 5.56 Å². The summed E-state index contributed by atoms with van der Waals surface area (Å²) in [6.45, 7) is 4.52. The Labute approximate surface area is 113 Å². The van der Waals surface area contributed by atoms with Crippen LogP contribution in [0.2, 0.25) is 0 Å². The SMILES string of the molecule is c1ccc(-c2ncc(CN3CCOCC3)cn2)cc1. The van der Waals surface area contributed by atoms with E-state index in [0.717, 1.165) is 49.8 Å². The van der Waals surface area contributed by atoms with Crippen LogP contribution in [-0.2, 0) is 11.3 Å². The second kappa shape index (κ2) is 5.91. The molecule has 2 heterocycles. The van der Waals surface area contributed by atoms with Gasteiger partial charge in [-0.25, -0.2) is 9.97 Å². The van der Waals surface area contributed by atoms with Crippen molar-refractivity contribution in [1.82, 2.24) is 14.9 Å². The van der Waals surface area contributed by atoms with E-state index in [0.29, 0.717) is 0 Å². The van der Waals surface area contributed by atoms with Gasteiger partial charge in [0.05, 0.1) is 13.2 Å². The largest absolute Gasteiger partial charge is 0.379 e. The van der Waals surface area contributed by atoms with Crippen molar-refractivity contribution in [3.63, 3.8) is 0 Å². The predicted octanol–water partition coefficient (Wildman–Crippen LogP) is 1.98. The highest BCUT2D eigenvalue weighted by molar-refractivity contribution is 5.53. The second-order valence-electron chi connectivity index (χ2n) is 4.67. The summed E-state index contributed by atoms with van der Waals surface area (Å²) in [6, 6.07) is 10.0. The maximum Gasteiger partial charge on any atom is 0.159 e. The van der Waals surface area contributed by atoms with E-state index >= 15 is 0 Å². The van der Waals surface area contributed by atoms with E-state index < -0.39 is 0 Å². The minimum absolute atomic E-state index is 0.784. The van der Waals surface area contributed by atoms with Crippen molar-refractivity contribution in [3.8, 4) is 11.4 Å². The molecule has 2 aromatic rings. The molecule has 4 heteroatoms. The monoisotopic (exact) mass is 255 g/mol. The Morgan fingerprint density at radius 3 is 2.37 bits per heavy atom. The number of benzene rings is 1. The Hall–Kier alpha value is -1.78. The van der Waals surface area contributed by atoms with Gasteiger partial charge in [0.25, 0.3) is 0 Å². The first-order valence-electron chi connectivity index (χ1n) is 6.58. The Morgan fingerprint density at radius 2 is 1.68 bits per heavy atom. The highest BCUT2D eigenvalue weighted by atomic mass is 16.5. The van der Waals surface area contributed by atoms with Gasteiger partial charge in [-0.15, -0.1) is 0 Å². The van der Waals surface area contributed by atoms with Crippen molar-refractivity contribution in [2.75, 3.05) is 26.3 Å². The molecule has 1 fully saturated rings. The molecule has 98 valence electrons. The molecule has 0 aliphatic carbocycles. The highest BCUT2D eigenvalue weighted by Crippen LogP contribution is 2.14. The quantitative estimate of drug-likeness (QED) is 0.840. The zero-order chi connectivity index (χ0) is 12.9. The Kier molecular flexibility index (Phi) is 3.81. The van der Waals surface area contributed by atoms with E-state index in [4.69, 9.17) is 4.74 Å². The molecule has 0 unspecified atom stereocenters. The third-order valence-corrected chi connectivity index (χ3v) is 3.25. The normalized spacial score (nSPS) is 16.4. The molecule has 1 aromatic carbocycles. The molecule has 0 radical (unpaired) electrons. The minimum Gasteiger partial charge on any atom is -0.379 e. The molecule has 0 N–H and O–H groups in total. The van der Waals surface area contributed by atoms with E-state index in [1.165, 1.54) is 0 Å². The molecule has 0 bridgehead atoms. The fourth-order valence-electron chi connectivity index (χ4n) is 2.19. The average molecular weight is 255 g/mol. The Bertz CT molecular complexity index is 507. The van der Waals surface area contributed by atoms with Gasteiger partial charge in [-0.05, 0) is 0 Å². The van der Waals surface area contributed by atoms with Crippen molar-refractivity contribution in [2.24, 2.45) is 0 Å². The Morgan fingerprint density at radius 1 is 1.00 bits per heavy atom. The maximum absolute atomic E-state index is 5.34. The lowest BCUT2D eigenvalue weighted by atomic mass is 10.2. The van der Waals surface area contributed by atoms with Crippen LogP contribution >= 0.6 is 0 Å². The van der Waals surface area contributed by atoms with Crippen LogP contribution in [0.3, 0.4) is 0 Å². The molecule has 1 aliphatic rings.